The summed E-state index contributed by atoms with van der Waals surface area (Å²) < 4.78 is 0. The molecule has 8 heteroatoms. The molecular weight excluding hydrogens is 426 g/mol. The SMILES string of the molecule is O=C(Nc1cc(CN2CCC(C(=O)NC3CCCCC3)CC2)ccc1Cl)c1ccncn1. The molecule has 2 N–H and O–H groups in total. The third-order valence-corrected chi connectivity index (χ3v) is 6.74. The van der Waals surface area contributed by atoms with E-state index in [1.54, 1.807) is 12.1 Å². The molecule has 2 aromatic rings. The Kier molecular flexibility index (Phi) is 7.71. The average Bonchev–Trinajstić information content (AvgIpc) is 2.83. The van der Waals surface area contributed by atoms with Crippen molar-refractivity contribution < 1.29 is 9.59 Å². The molecule has 2 amide bonds. The van der Waals surface area contributed by atoms with Crippen molar-refractivity contribution in [2.45, 2.75) is 57.5 Å². The van der Waals surface area contributed by atoms with E-state index in [0.29, 0.717) is 16.8 Å². The van der Waals surface area contributed by atoms with Gasteiger partial charge in [0.15, 0.2) is 0 Å². The van der Waals surface area contributed by atoms with E-state index in [0.717, 1.165) is 50.9 Å². The van der Waals surface area contributed by atoms with Crippen molar-refractivity contribution in [3.8, 4) is 0 Å². The number of anilines is 1. The number of carbonyl (C=O) groups excluding carboxylic acids is 2. The lowest BCUT2D eigenvalue weighted by atomic mass is 9.92. The van der Waals surface area contributed by atoms with Crippen LogP contribution in [0.4, 0.5) is 5.69 Å². The first-order valence-corrected chi connectivity index (χ1v) is 11.8. The number of nitrogens with one attached hydrogen (secondary N) is 2. The topological polar surface area (TPSA) is 87.2 Å². The quantitative estimate of drug-likeness (QED) is 0.686. The molecule has 2 heterocycles. The standard InChI is InChI=1S/C24H30ClN5O2/c25-20-7-6-17(14-22(20)29-24(32)21-8-11-26-16-27-21)15-30-12-9-18(10-13-30)23(31)28-19-4-2-1-3-5-19/h6-8,11,14,16,18-19H,1-5,9-10,12-13,15H2,(H,28,31)(H,29,32). The van der Waals surface area contributed by atoms with Crippen molar-refractivity contribution in [1.82, 2.24) is 20.2 Å². The summed E-state index contributed by atoms with van der Waals surface area (Å²) in [5, 5.41) is 6.59. The summed E-state index contributed by atoms with van der Waals surface area (Å²) in [5.74, 6) is 0.0233. The van der Waals surface area contributed by atoms with Crippen LogP contribution >= 0.6 is 11.6 Å². The number of hydrogen-bond acceptors (Lipinski definition) is 5. The van der Waals surface area contributed by atoms with Gasteiger partial charge in [0.1, 0.15) is 12.0 Å². The van der Waals surface area contributed by atoms with Crippen LogP contribution in [0.5, 0.6) is 0 Å². The smallest absolute Gasteiger partial charge is 0.274 e. The van der Waals surface area contributed by atoms with Crippen LogP contribution in [0.2, 0.25) is 5.02 Å². The van der Waals surface area contributed by atoms with E-state index in [4.69, 9.17) is 11.6 Å². The second-order valence-corrected chi connectivity index (χ2v) is 9.16. The fraction of sp³-hybridized carbons (Fsp3) is 0.500. The van der Waals surface area contributed by atoms with Crippen molar-refractivity contribution in [3.63, 3.8) is 0 Å². The molecule has 0 unspecified atom stereocenters. The number of hydrogen-bond donors (Lipinski definition) is 2. The highest BCUT2D eigenvalue weighted by Gasteiger charge is 2.27. The second-order valence-electron chi connectivity index (χ2n) is 8.76. The van der Waals surface area contributed by atoms with Crippen molar-refractivity contribution >= 4 is 29.1 Å². The molecule has 1 saturated carbocycles. The monoisotopic (exact) mass is 455 g/mol. The normalized spacial score (nSPS) is 18.3. The lowest BCUT2D eigenvalue weighted by Crippen LogP contribution is -2.44. The summed E-state index contributed by atoms with van der Waals surface area (Å²) in [4.78, 5) is 35.2. The van der Waals surface area contributed by atoms with Crippen LogP contribution in [0.15, 0.2) is 36.8 Å². The molecule has 1 aliphatic heterocycles. The Hall–Kier alpha value is -2.51. The number of rotatable bonds is 6. The molecule has 2 fully saturated rings. The van der Waals surface area contributed by atoms with Crippen molar-refractivity contribution in [3.05, 3.63) is 53.1 Å². The van der Waals surface area contributed by atoms with Gasteiger partial charge in [-0.25, -0.2) is 9.97 Å². The van der Waals surface area contributed by atoms with E-state index in [-0.39, 0.29) is 23.4 Å². The number of amides is 2. The van der Waals surface area contributed by atoms with E-state index in [1.807, 2.05) is 12.1 Å². The number of piperidine rings is 1. The molecule has 7 nitrogen and oxygen atoms in total. The first-order chi connectivity index (χ1) is 15.6. The molecule has 0 spiro atoms. The van der Waals surface area contributed by atoms with E-state index in [1.165, 1.54) is 31.8 Å². The maximum Gasteiger partial charge on any atom is 0.274 e. The second kappa shape index (κ2) is 10.9. The molecule has 170 valence electrons. The van der Waals surface area contributed by atoms with Crippen molar-refractivity contribution in [2.24, 2.45) is 5.92 Å². The number of nitrogens with zero attached hydrogens (tertiary/aromatic N) is 3. The Bertz CT molecular complexity index is 925. The molecule has 0 atom stereocenters. The highest BCUT2D eigenvalue weighted by Crippen LogP contribution is 2.26. The predicted octanol–water partition coefficient (Wildman–Crippen LogP) is 4.04. The van der Waals surface area contributed by atoms with Crippen LogP contribution in [-0.4, -0.2) is 45.8 Å². The Morgan fingerprint density at radius 3 is 2.56 bits per heavy atom. The highest BCUT2D eigenvalue weighted by atomic mass is 35.5. The molecule has 0 radical (unpaired) electrons. The number of benzene rings is 1. The highest BCUT2D eigenvalue weighted by molar-refractivity contribution is 6.33. The maximum absolute atomic E-state index is 12.6. The van der Waals surface area contributed by atoms with Gasteiger partial charge in [-0.1, -0.05) is 36.9 Å². The van der Waals surface area contributed by atoms with E-state index >= 15 is 0 Å². The summed E-state index contributed by atoms with van der Waals surface area (Å²) in [6, 6.07) is 7.62. The van der Waals surface area contributed by atoms with Crippen LogP contribution < -0.4 is 10.6 Å². The molecule has 1 saturated heterocycles. The van der Waals surface area contributed by atoms with Gasteiger partial charge in [0.2, 0.25) is 5.91 Å². The lowest BCUT2D eigenvalue weighted by molar-refractivity contribution is -0.127. The molecule has 4 rings (SSSR count). The van der Waals surface area contributed by atoms with Gasteiger partial charge in [-0.05, 0) is 62.5 Å². The van der Waals surface area contributed by atoms with Gasteiger partial charge in [0.05, 0.1) is 10.7 Å². The van der Waals surface area contributed by atoms with Crippen LogP contribution in [0.25, 0.3) is 0 Å². The van der Waals surface area contributed by atoms with E-state index < -0.39 is 0 Å². The molecular formula is C24H30ClN5O2. The zero-order valence-electron chi connectivity index (χ0n) is 18.2. The lowest BCUT2D eigenvalue weighted by Gasteiger charge is -2.32. The molecule has 32 heavy (non-hydrogen) atoms. The molecule has 1 aromatic carbocycles. The number of likely N-dealkylation sites (tertiary alicyclic amines) is 1. The minimum Gasteiger partial charge on any atom is -0.353 e. The first kappa shape index (κ1) is 22.7. The zero-order chi connectivity index (χ0) is 22.3. The number of carbonyl (C=O) groups is 2. The third-order valence-electron chi connectivity index (χ3n) is 6.41. The van der Waals surface area contributed by atoms with E-state index in [2.05, 4.69) is 25.5 Å². The Labute approximate surface area is 194 Å². The summed E-state index contributed by atoms with van der Waals surface area (Å²) in [7, 11) is 0. The molecule has 1 aromatic heterocycles. The van der Waals surface area contributed by atoms with Crippen LogP contribution in [-0.2, 0) is 11.3 Å². The summed E-state index contributed by atoms with van der Waals surface area (Å²) in [6.45, 7) is 2.52. The van der Waals surface area contributed by atoms with Gasteiger partial charge in [0, 0.05) is 24.7 Å². The van der Waals surface area contributed by atoms with Crippen LogP contribution in [0.1, 0.15) is 61.0 Å². The third kappa shape index (κ3) is 6.04. The minimum absolute atomic E-state index is 0.112. The Balaban J connectivity index is 1.29. The maximum atomic E-state index is 12.6. The van der Waals surface area contributed by atoms with Crippen LogP contribution in [0.3, 0.4) is 0 Å². The van der Waals surface area contributed by atoms with Gasteiger partial charge in [-0.3, -0.25) is 14.5 Å². The van der Waals surface area contributed by atoms with Gasteiger partial charge in [0.25, 0.3) is 5.91 Å². The largest absolute Gasteiger partial charge is 0.353 e. The summed E-state index contributed by atoms with van der Waals surface area (Å²) >= 11 is 6.30. The fourth-order valence-corrected chi connectivity index (χ4v) is 4.72. The van der Waals surface area contributed by atoms with Crippen molar-refractivity contribution in [1.29, 1.82) is 0 Å². The molecule has 1 aliphatic carbocycles. The van der Waals surface area contributed by atoms with E-state index in [9.17, 15) is 9.59 Å². The molecule has 0 bridgehead atoms. The average molecular weight is 456 g/mol. The summed E-state index contributed by atoms with van der Waals surface area (Å²) in [5.41, 5.74) is 1.92. The van der Waals surface area contributed by atoms with Gasteiger partial charge < -0.3 is 10.6 Å². The fourth-order valence-electron chi connectivity index (χ4n) is 4.56. The van der Waals surface area contributed by atoms with Gasteiger partial charge >= 0.3 is 0 Å². The molecule has 2 aliphatic rings. The summed E-state index contributed by atoms with van der Waals surface area (Å²) in [6.07, 6.45) is 10.6. The van der Waals surface area contributed by atoms with Crippen LogP contribution in [0, 0.1) is 5.92 Å². The van der Waals surface area contributed by atoms with Crippen molar-refractivity contribution in [2.75, 3.05) is 18.4 Å². The predicted molar refractivity (Wildman–Crippen MR) is 124 cm³/mol. The Morgan fingerprint density at radius 1 is 1.06 bits per heavy atom. The Morgan fingerprint density at radius 2 is 1.84 bits per heavy atom. The zero-order valence-corrected chi connectivity index (χ0v) is 19.0. The minimum atomic E-state index is -0.323. The van der Waals surface area contributed by atoms with Gasteiger partial charge in [-0.15, -0.1) is 0 Å². The first-order valence-electron chi connectivity index (χ1n) is 11.5. The number of halogens is 1. The number of aromatic nitrogens is 2. The van der Waals surface area contributed by atoms with Gasteiger partial charge in [-0.2, -0.15) is 0 Å².